The van der Waals surface area contributed by atoms with Crippen molar-refractivity contribution in [2.75, 3.05) is 6.61 Å². The molecule has 0 bridgehead atoms. The van der Waals surface area contributed by atoms with Gasteiger partial charge in [0.1, 0.15) is 22.6 Å². The molecule has 1 atom stereocenters. The number of esters is 1. The molecule has 0 saturated carbocycles. The van der Waals surface area contributed by atoms with E-state index in [4.69, 9.17) is 13.9 Å². The van der Waals surface area contributed by atoms with E-state index < -0.39 is 17.5 Å². The summed E-state index contributed by atoms with van der Waals surface area (Å²) in [6, 6.07) is 20.7. The highest BCUT2D eigenvalue weighted by molar-refractivity contribution is 9.10. The molecular formula is C27H22BrNO6. The van der Waals surface area contributed by atoms with Crippen LogP contribution in [0, 0.1) is 6.92 Å². The molecule has 7 nitrogen and oxygen atoms in total. The number of rotatable bonds is 7. The molecule has 4 aromatic rings. The van der Waals surface area contributed by atoms with Gasteiger partial charge in [-0.1, -0.05) is 36.4 Å². The third kappa shape index (κ3) is 5.96. The van der Waals surface area contributed by atoms with E-state index in [9.17, 15) is 14.4 Å². The summed E-state index contributed by atoms with van der Waals surface area (Å²) < 4.78 is 16.9. The Kier molecular flexibility index (Phi) is 7.31. The maximum absolute atomic E-state index is 12.7. The summed E-state index contributed by atoms with van der Waals surface area (Å²) in [5.74, 6) is -0.450. The second-order valence-corrected chi connectivity index (χ2v) is 8.80. The fraction of sp³-hybridized carbons (Fsp3) is 0.148. The molecule has 1 amide bonds. The number of carbonyl (C=O) groups excluding carboxylic acids is 2. The number of fused-ring (bicyclic) bond motifs is 1. The molecule has 1 unspecified atom stereocenters. The number of benzene rings is 3. The van der Waals surface area contributed by atoms with E-state index in [0.717, 1.165) is 15.6 Å². The second-order valence-electron chi connectivity index (χ2n) is 7.95. The number of nitrogens with one attached hydrogen (secondary N) is 1. The number of halogens is 1. The van der Waals surface area contributed by atoms with E-state index in [1.54, 1.807) is 18.2 Å². The molecule has 8 heteroatoms. The molecule has 35 heavy (non-hydrogen) atoms. The van der Waals surface area contributed by atoms with Gasteiger partial charge in [-0.05, 0) is 71.2 Å². The van der Waals surface area contributed by atoms with Crippen LogP contribution in [0.2, 0.25) is 0 Å². The van der Waals surface area contributed by atoms with Crippen LogP contribution in [0.4, 0.5) is 0 Å². The summed E-state index contributed by atoms with van der Waals surface area (Å²) in [4.78, 5) is 37.4. The zero-order valence-corrected chi connectivity index (χ0v) is 20.6. The van der Waals surface area contributed by atoms with E-state index in [1.165, 1.54) is 12.1 Å². The van der Waals surface area contributed by atoms with Crippen molar-refractivity contribution in [3.8, 4) is 11.5 Å². The smallest absolute Gasteiger partial charge is 0.349 e. The lowest BCUT2D eigenvalue weighted by atomic mass is 10.1. The monoisotopic (exact) mass is 535 g/mol. The summed E-state index contributed by atoms with van der Waals surface area (Å²) in [5.41, 5.74) is 1.26. The maximum Gasteiger partial charge on any atom is 0.349 e. The number of hydrogen-bond acceptors (Lipinski definition) is 6. The predicted octanol–water partition coefficient (Wildman–Crippen LogP) is 5.34. The summed E-state index contributed by atoms with van der Waals surface area (Å²) in [6.07, 6.45) is 0. The fourth-order valence-corrected chi connectivity index (χ4v) is 4.04. The van der Waals surface area contributed by atoms with Crippen LogP contribution in [0.3, 0.4) is 0 Å². The predicted molar refractivity (Wildman–Crippen MR) is 135 cm³/mol. The summed E-state index contributed by atoms with van der Waals surface area (Å²) in [5, 5.41) is 3.32. The minimum Gasteiger partial charge on any atom is -0.481 e. The van der Waals surface area contributed by atoms with Gasteiger partial charge in [-0.2, -0.15) is 0 Å². The van der Waals surface area contributed by atoms with Crippen LogP contribution < -0.4 is 20.4 Å². The first-order valence-corrected chi connectivity index (χ1v) is 11.6. The Labute approximate surface area is 209 Å². The lowest BCUT2D eigenvalue weighted by Gasteiger charge is -2.14. The number of amides is 1. The van der Waals surface area contributed by atoms with Crippen molar-refractivity contribution in [2.45, 2.75) is 19.9 Å². The van der Waals surface area contributed by atoms with Gasteiger partial charge in [0.05, 0.1) is 10.5 Å². The molecule has 178 valence electrons. The molecule has 0 saturated heterocycles. The van der Waals surface area contributed by atoms with Gasteiger partial charge in [0, 0.05) is 11.5 Å². The van der Waals surface area contributed by atoms with Crippen LogP contribution in [-0.2, 0) is 4.79 Å². The third-order valence-corrected chi connectivity index (χ3v) is 5.88. The molecule has 0 aliphatic heterocycles. The Hall–Kier alpha value is -3.91. The Morgan fingerprint density at radius 1 is 1.03 bits per heavy atom. The molecule has 4 rings (SSSR count). The van der Waals surface area contributed by atoms with Crippen molar-refractivity contribution in [1.82, 2.24) is 5.32 Å². The highest BCUT2D eigenvalue weighted by Gasteiger charge is 2.17. The minimum atomic E-state index is -0.786. The molecule has 3 aromatic carbocycles. The van der Waals surface area contributed by atoms with Gasteiger partial charge in [-0.3, -0.25) is 4.79 Å². The average Bonchev–Trinajstić information content (AvgIpc) is 2.83. The zero-order chi connectivity index (χ0) is 24.9. The first kappa shape index (κ1) is 24.2. The van der Waals surface area contributed by atoms with Crippen molar-refractivity contribution in [2.24, 2.45) is 0 Å². The lowest BCUT2D eigenvalue weighted by molar-refractivity contribution is -0.136. The standard InChI is InChI=1S/C27H22BrNO6/c1-16-8-11-23(22(28)12-16)33-15-25(30)34-20-10-9-19-13-21(27(32)35-24(19)14-20)26(31)29-17(2)18-6-4-3-5-7-18/h3-14,17H,15H2,1-2H3,(H,29,31). The normalized spacial score (nSPS) is 11.6. The Bertz CT molecular complexity index is 1450. The van der Waals surface area contributed by atoms with Crippen molar-refractivity contribution in [1.29, 1.82) is 0 Å². The quantitative estimate of drug-likeness (QED) is 0.195. The van der Waals surface area contributed by atoms with Crippen molar-refractivity contribution in [3.05, 3.63) is 104 Å². The van der Waals surface area contributed by atoms with Crippen molar-refractivity contribution >= 4 is 38.8 Å². The topological polar surface area (TPSA) is 94.8 Å². The van der Waals surface area contributed by atoms with E-state index in [0.29, 0.717) is 11.1 Å². The molecule has 0 aliphatic carbocycles. The maximum atomic E-state index is 12.7. The van der Waals surface area contributed by atoms with Crippen LogP contribution >= 0.6 is 15.9 Å². The molecule has 0 spiro atoms. The Morgan fingerprint density at radius 2 is 1.80 bits per heavy atom. The van der Waals surface area contributed by atoms with Gasteiger partial charge >= 0.3 is 11.6 Å². The van der Waals surface area contributed by atoms with Crippen LogP contribution in [-0.4, -0.2) is 18.5 Å². The molecule has 0 radical (unpaired) electrons. The largest absolute Gasteiger partial charge is 0.481 e. The summed E-state index contributed by atoms with van der Waals surface area (Å²) in [7, 11) is 0. The van der Waals surface area contributed by atoms with Gasteiger partial charge in [0.25, 0.3) is 5.91 Å². The van der Waals surface area contributed by atoms with E-state index >= 15 is 0 Å². The second kappa shape index (κ2) is 10.6. The number of aryl methyl sites for hydroxylation is 1. The van der Waals surface area contributed by atoms with E-state index in [-0.39, 0.29) is 29.5 Å². The molecule has 1 N–H and O–H groups in total. The number of ether oxygens (including phenoxy) is 2. The molecular weight excluding hydrogens is 514 g/mol. The first-order chi connectivity index (χ1) is 16.8. The van der Waals surface area contributed by atoms with Gasteiger partial charge < -0.3 is 19.2 Å². The van der Waals surface area contributed by atoms with Crippen molar-refractivity contribution in [3.63, 3.8) is 0 Å². The number of hydrogen-bond donors (Lipinski definition) is 1. The van der Waals surface area contributed by atoms with Crippen LogP contribution in [0.5, 0.6) is 11.5 Å². The fourth-order valence-electron chi connectivity index (χ4n) is 3.43. The molecule has 1 heterocycles. The van der Waals surface area contributed by atoms with Gasteiger partial charge in [-0.25, -0.2) is 9.59 Å². The summed E-state index contributed by atoms with van der Waals surface area (Å²) >= 11 is 3.39. The minimum absolute atomic E-state index is 0.109. The van der Waals surface area contributed by atoms with E-state index in [1.807, 2.05) is 56.3 Å². The van der Waals surface area contributed by atoms with Crippen LogP contribution in [0.1, 0.15) is 34.5 Å². The Balaban J connectivity index is 1.44. The third-order valence-electron chi connectivity index (χ3n) is 5.26. The first-order valence-electron chi connectivity index (χ1n) is 10.8. The van der Waals surface area contributed by atoms with Gasteiger partial charge in [0.2, 0.25) is 0 Å². The zero-order valence-electron chi connectivity index (χ0n) is 19.0. The molecule has 0 fully saturated rings. The SMILES string of the molecule is Cc1ccc(OCC(=O)Oc2ccc3cc(C(=O)NC(C)c4ccccc4)c(=O)oc3c2)c(Br)c1. The van der Waals surface area contributed by atoms with Crippen LogP contribution in [0.25, 0.3) is 11.0 Å². The summed E-state index contributed by atoms with van der Waals surface area (Å²) in [6.45, 7) is 3.47. The highest BCUT2D eigenvalue weighted by atomic mass is 79.9. The molecule has 0 aliphatic rings. The van der Waals surface area contributed by atoms with Gasteiger partial charge in [0.15, 0.2) is 6.61 Å². The highest BCUT2D eigenvalue weighted by Crippen LogP contribution is 2.26. The van der Waals surface area contributed by atoms with Gasteiger partial charge in [-0.15, -0.1) is 0 Å². The van der Waals surface area contributed by atoms with Crippen LogP contribution in [0.15, 0.2) is 86.5 Å². The Morgan fingerprint density at radius 3 is 2.54 bits per heavy atom. The lowest BCUT2D eigenvalue weighted by Crippen LogP contribution is -2.30. The average molecular weight is 536 g/mol. The number of carbonyl (C=O) groups is 2. The van der Waals surface area contributed by atoms with Crippen molar-refractivity contribution < 1.29 is 23.5 Å². The van der Waals surface area contributed by atoms with E-state index in [2.05, 4.69) is 21.2 Å². The molecule has 1 aromatic heterocycles.